The lowest BCUT2D eigenvalue weighted by molar-refractivity contribution is -0.384. The molecule has 5 nitrogen and oxygen atoms in total. The number of benzene rings is 1. The molecule has 0 bridgehead atoms. The highest BCUT2D eigenvalue weighted by molar-refractivity contribution is 5.48. The van der Waals surface area contributed by atoms with Crippen molar-refractivity contribution in [2.45, 2.75) is 26.2 Å². The number of non-ortho nitro benzene ring substituents is 1. The highest BCUT2D eigenvalue weighted by atomic mass is 16.6. The predicted octanol–water partition coefficient (Wildman–Crippen LogP) is 2.79. The molecule has 0 unspecified atom stereocenters. The van der Waals surface area contributed by atoms with Gasteiger partial charge in [0.05, 0.1) is 4.92 Å². The molecule has 5 heteroatoms. The summed E-state index contributed by atoms with van der Waals surface area (Å²) in [5.74, 6) is 0. The fourth-order valence-electron chi connectivity index (χ4n) is 1.62. The molecule has 0 spiro atoms. The van der Waals surface area contributed by atoms with Crippen LogP contribution in [0.1, 0.15) is 26.2 Å². The van der Waals surface area contributed by atoms with Crippen molar-refractivity contribution in [3.63, 3.8) is 0 Å². The van der Waals surface area contributed by atoms with Gasteiger partial charge >= 0.3 is 0 Å². The van der Waals surface area contributed by atoms with E-state index in [1.807, 2.05) is 0 Å². The number of nitro groups is 1. The standard InChI is InChI=1S/C13H21N3O2/c1-2-3-4-9-14-10-11-15-12-5-7-13(8-6-12)16(17)18/h5-8,14-15H,2-4,9-11H2,1H3. The Morgan fingerprint density at radius 2 is 1.83 bits per heavy atom. The van der Waals surface area contributed by atoms with Crippen molar-refractivity contribution in [3.05, 3.63) is 34.4 Å². The van der Waals surface area contributed by atoms with E-state index in [9.17, 15) is 10.1 Å². The Hall–Kier alpha value is -1.62. The van der Waals surface area contributed by atoms with Gasteiger partial charge in [0.1, 0.15) is 0 Å². The van der Waals surface area contributed by atoms with Gasteiger partial charge in [-0.2, -0.15) is 0 Å². The van der Waals surface area contributed by atoms with Crippen molar-refractivity contribution < 1.29 is 4.92 Å². The van der Waals surface area contributed by atoms with Gasteiger partial charge in [-0.05, 0) is 25.1 Å². The first-order chi connectivity index (χ1) is 8.74. The van der Waals surface area contributed by atoms with Crippen LogP contribution in [0.15, 0.2) is 24.3 Å². The molecule has 1 aromatic rings. The Morgan fingerprint density at radius 1 is 1.11 bits per heavy atom. The highest BCUT2D eigenvalue weighted by Gasteiger charge is 2.02. The smallest absolute Gasteiger partial charge is 0.269 e. The van der Waals surface area contributed by atoms with Gasteiger partial charge in [-0.3, -0.25) is 10.1 Å². The van der Waals surface area contributed by atoms with Crippen LogP contribution >= 0.6 is 0 Å². The van der Waals surface area contributed by atoms with Crippen molar-refractivity contribution in [1.29, 1.82) is 0 Å². The lowest BCUT2D eigenvalue weighted by atomic mass is 10.2. The van der Waals surface area contributed by atoms with Gasteiger partial charge in [-0.15, -0.1) is 0 Å². The Labute approximate surface area is 108 Å². The number of rotatable bonds is 9. The normalized spacial score (nSPS) is 10.3. The number of nitro benzene ring substituents is 1. The molecular formula is C13H21N3O2. The Bertz CT molecular complexity index is 352. The van der Waals surface area contributed by atoms with E-state index >= 15 is 0 Å². The molecule has 18 heavy (non-hydrogen) atoms. The molecule has 0 aliphatic carbocycles. The zero-order valence-electron chi connectivity index (χ0n) is 10.8. The van der Waals surface area contributed by atoms with Crippen molar-refractivity contribution >= 4 is 11.4 Å². The number of unbranched alkanes of at least 4 members (excludes halogenated alkanes) is 2. The minimum absolute atomic E-state index is 0.123. The summed E-state index contributed by atoms with van der Waals surface area (Å²) >= 11 is 0. The minimum Gasteiger partial charge on any atom is -0.384 e. The number of anilines is 1. The minimum atomic E-state index is -0.390. The number of nitrogens with zero attached hydrogens (tertiary/aromatic N) is 1. The molecule has 0 saturated carbocycles. The average Bonchev–Trinajstić information content (AvgIpc) is 2.38. The Balaban J connectivity index is 2.14. The monoisotopic (exact) mass is 251 g/mol. The van der Waals surface area contributed by atoms with Gasteiger partial charge in [0.25, 0.3) is 5.69 Å². The molecule has 0 aliphatic heterocycles. The number of hydrogen-bond acceptors (Lipinski definition) is 4. The first-order valence-corrected chi connectivity index (χ1v) is 6.43. The van der Waals surface area contributed by atoms with Crippen molar-refractivity contribution in [2.75, 3.05) is 25.0 Å². The highest BCUT2D eigenvalue weighted by Crippen LogP contribution is 2.14. The van der Waals surface area contributed by atoms with Gasteiger partial charge in [-0.1, -0.05) is 19.8 Å². The zero-order valence-corrected chi connectivity index (χ0v) is 10.8. The van der Waals surface area contributed by atoms with Crippen LogP contribution in [0, 0.1) is 10.1 Å². The van der Waals surface area contributed by atoms with Gasteiger partial charge in [0.2, 0.25) is 0 Å². The SMILES string of the molecule is CCCCCNCCNc1ccc([N+](=O)[O-])cc1. The van der Waals surface area contributed by atoms with E-state index in [0.717, 1.165) is 25.3 Å². The Morgan fingerprint density at radius 3 is 2.44 bits per heavy atom. The first-order valence-electron chi connectivity index (χ1n) is 6.43. The molecule has 1 rings (SSSR count). The van der Waals surface area contributed by atoms with E-state index in [0.29, 0.717) is 0 Å². The second kappa shape index (κ2) is 8.47. The van der Waals surface area contributed by atoms with E-state index in [1.165, 1.54) is 31.4 Å². The number of hydrogen-bond donors (Lipinski definition) is 2. The molecule has 100 valence electrons. The van der Waals surface area contributed by atoms with Gasteiger partial charge in [0, 0.05) is 30.9 Å². The van der Waals surface area contributed by atoms with Crippen molar-refractivity contribution in [3.8, 4) is 0 Å². The van der Waals surface area contributed by atoms with Crippen LogP contribution in [0.4, 0.5) is 11.4 Å². The maximum Gasteiger partial charge on any atom is 0.269 e. The molecule has 0 heterocycles. The van der Waals surface area contributed by atoms with E-state index in [4.69, 9.17) is 0 Å². The zero-order chi connectivity index (χ0) is 13.2. The first kappa shape index (κ1) is 14.4. The molecule has 2 N–H and O–H groups in total. The largest absolute Gasteiger partial charge is 0.384 e. The topological polar surface area (TPSA) is 67.2 Å². The summed E-state index contributed by atoms with van der Waals surface area (Å²) in [7, 11) is 0. The molecule has 0 saturated heterocycles. The van der Waals surface area contributed by atoms with Crippen molar-refractivity contribution in [1.82, 2.24) is 5.32 Å². The summed E-state index contributed by atoms with van der Waals surface area (Å²) in [4.78, 5) is 10.1. The van der Waals surface area contributed by atoms with E-state index in [-0.39, 0.29) is 10.6 Å². The summed E-state index contributed by atoms with van der Waals surface area (Å²) in [5, 5.41) is 17.0. The van der Waals surface area contributed by atoms with Crippen LogP contribution in [-0.4, -0.2) is 24.6 Å². The molecular weight excluding hydrogens is 230 g/mol. The fraction of sp³-hybridized carbons (Fsp3) is 0.538. The molecule has 0 aliphatic rings. The van der Waals surface area contributed by atoms with E-state index < -0.39 is 0 Å². The lowest BCUT2D eigenvalue weighted by Crippen LogP contribution is -2.23. The summed E-state index contributed by atoms with van der Waals surface area (Å²) in [6.07, 6.45) is 3.72. The van der Waals surface area contributed by atoms with Crippen LogP contribution in [0.25, 0.3) is 0 Å². The molecule has 0 atom stereocenters. The van der Waals surface area contributed by atoms with Crippen molar-refractivity contribution in [2.24, 2.45) is 0 Å². The summed E-state index contributed by atoms with van der Waals surface area (Å²) in [6, 6.07) is 6.48. The van der Waals surface area contributed by atoms with E-state index in [2.05, 4.69) is 17.6 Å². The molecule has 0 aromatic heterocycles. The maximum absolute atomic E-state index is 10.5. The van der Waals surface area contributed by atoms with Gasteiger partial charge in [0.15, 0.2) is 0 Å². The second-order valence-electron chi connectivity index (χ2n) is 4.19. The van der Waals surface area contributed by atoms with Gasteiger partial charge in [-0.25, -0.2) is 0 Å². The van der Waals surface area contributed by atoms with E-state index in [1.54, 1.807) is 12.1 Å². The molecule has 0 fully saturated rings. The third-order valence-electron chi connectivity index (χ3n) is 2.67. The fourth-order valence-corrected chi connectivity index (χ4v) is 1.62. The second-order valence-corrected chi connectivity index (χ2v) is 4.19. The third-order valence-corrected chi connectivity index (χ3v) is 2.67. The third kappa shape index (κ3) is 5.63. The molecule has 0 amide bonds. The average molecular weight is 251 g/mol. The van der Waals surface area contributed by atoms with Crippen LogP contribution in [0.2, 0.25) is 0 Å². The van der Waals surface area contributed by atoms with Crippen LogP contribution < -0.4 is 10.6 Å². The lowest BCUT2D eigenvalue weighted by Gasteiger charge is -2.07. The summed E-state index contributed by atoms with van der Waals surface area (Å²) < 4.78 is 0. The molecule has 0 radical (unpaired) electrons. The predicted molar refractivity (Wildman–Crippen MR) is 74.0 cm³/mol. The maximum atomic E-state index is 10.5. The van der Waals surface area contributed by atoms with Gasteiger partial charge < -0.3 is 10.6 Å². The van der Waals surface area contributed by atoms with Crippen LogP contribution in [0.3, 0.4) is 0 Å². The van der Waals surface area contributed by atoms with Crippen LogP contribution in [0.5, 0.6) is 0 Å². The molecule has 1 aromatic carbocycles. The summed E-state index contributed by atoms with van der Waals surface area (Å²) in [5.41, 5.74) is 1.04. The number of nitrogens with one attached hydrogen (secondary N) is 2. The Kier molecular flexibility index (Phi) is 6.79. The quantitative estimate of drug-likeness (QED) is 0.402. The van der Waals surface area contributed by atoms with Crippen LogP contribution in [-0.2, 0) is 0 Å². The summed E-state index contributed by atoms with van der Waals surface area (Å²) in [6.45, 7) is 4.97.